The van der Waals surface area contributed by atoms with Crippen LogP contribution in [0, 0.1) is 0 Å². The van der Waals surface area contributed by atoms with E-state index in [1.54, 1.807) is 0 Å². The van der Waals surface area contributed by atoms with Gasteiger partial charge >= 0.3 is 18.9 Å². The maximum absolute atomic E-state index is 4.72. The second-order valence-corrected chi connectivity index (χ2v) is 1.62. The summed E-state index contributed by atoms with van der Waals surface area (Å²) >= 11 is 0. The molecule has 1 aromatic rings. The summed E-state index contributed by atoms with van der Waals surface area (Å²) in [4.78, 5) is 0. The summed E-state index contributed by atoms with van der Waals surface area (Å²) in [5, 5.41) is 0. The van der Waals surface area contributed by atoms with Crippen LogP contribution in [0.1, 0.15) is 0 Å². The molecule has 0 aromatic heterocycles. The number of benzene rings is 1. The Hall–Kier alpha value is 0.0474. The monoisotopic (exact) mass is 132 g/mol. The van der Waals surface area contributed by atoms with Gasteiger partial charge in [0.2, 0.25) is 0 Å². The van der Waals surface area contributed by atoms with Crippen LogP contribution in [0.4, 0.5) is 0 Å². The third kappa shape index (κ3) is 2.92. The fourth-order valence-electron chi connectivity index (χ4n) is 0.489. The third-order valence-electron chi connectivity index (χ3n) is 0.861. The number of hydrogen-bond acceptors (Lipinski definition) is 1. The Morgan fingerprint density at radius 3 is 2.00 bits per heavy atom. The van der Waals surface area contributed by atoms with Crippen molar-refractivity contribution in [2.75, 3.05) is 0 Å². The molecule has 0 saturated heterocycles. The predicted octanol–water partition coefficient (Wildman–Crippen LogP) is -0.873. The predicted molar refractivity (Wildman–Crippen MR) is 35.4 cm³/mol. The summed E-state index contributed by atoms with van der Waals surface area (Å²) in [5.41, 5.74) is 0. The number of rotatable bonds is 1. The second kappa shape index (κ2) is 4.88. The van der Waals surface area contributed by atoms with Gasteiger partial charge in [-0.1, -0.05) is 18.2 Å². The third-order valence-corrected chi connectivity index (χ3v) is 1.10. The molecule has 1 aromatic carbocycles. The van der Waals surface area contributed by atoms with Crippen LogP contribution in [0.15, 0.2) is 30.3 Å². The molecular formula is C6H6LiOP. The molecule has 0 fully saturated rings. The zero-order valence-electron chi connectivity index (χ0n) is 5.29. The van der Waals surface area contributed by atoms with Gasteiger partial charge in [0, 0.05) is 0 Å². The molecular weight excluding hydrogens is 126 g/mol. The van der Waals surface area contributed by atoms with Crippen LogP contribution in [0.25, 0.3) is 0 Å². The first kappa shape index (κ1) is 9.05. The molecule has 9 heavy (non-hydrogen) atoms. The average Bonchev–Trinajstić information content (AvgIpc) is 1.90. The molecule has 0 aliphatic rings. The van der Waals surface area contributed by atoms with Gasteiger partial charge in [0.1, 0.15) is 0 Å². The van der Waals surface area contributed by atoms with Gasteiger partial charge in [0.05, 0.1) is 5.75 Å². The first-order valence-electron chi connectivity index (χ1n) is 2.32. The van der Waals surface area contributed by atoms with Gasteiger partial charge in [-0.3, -0.25) is 0 Å². The molecule has 0 radical (unpaired) electrons. The Kier molecular flexibility index (Phi) is 4.91. The molecule has 3 heteroatoms. The van der Waals surface area contributed by atoms with E-state index in [1.165, 1.54) is 0 Å². The molecule has 42 valence electrons. The molecule has 1 rings (SSSR count). The molecule has 0 amide bonds. The Bertz CT molecular complexity index is 154. The molecule has 0 spiro atoms. The van der Waals surface area contributed by atoms with Gasteiger partial charge in [0.25, 0.3) is 0 Å². The summed E-state index contributed by atoms with van der Waals surface area (Å²) < 4.78 is 4.72. The maximum atomic E-state index is 4.72. The van der Waals surface area contributed by atoms with E-state index in [2.05, 4.69) is 9.47 Å². The Labute approximate surface area is 69.3 Å². The quantitative estimate of drug-likeness (QED) is 0.356. The second-order valence-electron chi connectivity index (χ2n) is 1.42. The van der Waals surface area contributed by atoms with Crippen molar-refractivity contribution in [3.63, 3.8) is 0 Å². The van der Waals surface area contributed by atoms with Crippen molar-refractivity contribution >= 4 is 9.47 Å². The molecule has 0 aliphatic heterocycles. The van der Waals surface area contributed by atoms with Crippen molar-refractivity contribution in [3.05, 3.63) is 30.3 Å². The summed E-state index contributed by atoms with van der Waals surface area (Å²) in [6, 6.07) is 9.50. The minimum atomic E-state index is 0. The van der Waals surface area contributed by atoms with E-state index >= 15 is 0 Å². The van der Waals surface area contributed by atoms with Crippen LogP contribution in [-0.4, -0.2) is 0 Å². The van der Waals surface area contributed by atoms with Crippen LogP contribution >= 0.6 is 9.47 Å². The number of hydrogen-bond donors (Lipinski definition) is 0. The molecule has 0 saturated carbocycles. The normalized spacial score (nSPS) is 7.67. The number of para-hydroxylation sites is 1. The first-order chi connectivity index (χ1) is 3.93. The molecule has 0 N–H and O–H groups in total. The van der Waals surface area contributed by atoms with E-state index in [9.17, 15) is 0 Å². The fraction of sp³-hybridized carbons (Fsp3) is 0. The van der Waals surface area contributed by atoms with Crippen molar-refractivity contribution < 1.29 is 23.4 Å². The Balaban J connectivity index is 0.000000640. The summed E-state index contributed by atoms with van der Waals surface area (Å²) in [6.45, 7) is 0. The van der Waals surface area contributed by atoms with Crippen LogP contribution in [-0.2, 0) is 0 Å². The van der Waals surface area contributed by atoms with E-state index in [-0.39, 0.29) is 18.9 Å². The van der Waals surface area contributed by atoms with Gasteiger partial charge in [-0.25, -0.2) is 0 Å². The van der Waals surface area contributed by atoms with Crippen molar-refractivity contribution in [1.29, 1.82) is 0 Å². The molecule has 1 nitrogen and oxygen atoms in total. The zero-order chi connectivity index (χ0) is 5.82. The summed E-state index contributed by atoms with van der Waals surface area (Å²) in [6.07, 6.45) is 0. The van der Waals surface area contributed by atoms with E-state index < -0.39 is 0 Å². The van der Waals surface area contributed by atoms with Gasteiger partial charge in [0.15, 0.2) is 0 Å². The largest absolute Gasteiger partial charge is 1.00 e. The van der Waals surface area contributed by atoms with Crippen LogP contribution in [0.3, 0.4) is 0 Å². The van der Waals surface area contributed by atoms with Crippen molar-refractivity contribution in [2.24, 2.45) is 0 Å². The van der Waals surface area contributed by atoms with Crippen LogP contribution in [0.2, 0.25) is 0 Å². The van der Waals surface area contributed by atoms with Gasteiger partial charge in [-0.2, -0.15) is 0 Å². The van der Waals surface area contributed by atoms with Crippen LogP contribution in [0.5, 0.6) is 5.75 Å². The Morgan fingerprint density at radius 2 is 1.67 bits per heavy atom. The topological polar surface area (TPSA) is 9.23 Å². The van der Waals surface area contributed by atoms with Gasteiger partial charge in [-0.05, 0) is 12.1 Å². The smallest absolute Gasteiger partial charge is 0.673 e. The van der Waals surface area contributed by atoms with Crippen molar-refractivity contribution in [2.45, 2.75) is 0 Å². The molecule has 0 unspecified atom stereocenters. The van der Waals surface area contributed by atoms with E-state index in [0.717, 1.165) is 5.75 Å². The maximum Gasteiger partial charge on any atom is 1.00 e. The fourth-order valence-corrected chi connectivity index (χ4v) is 0.625. The standard InChI is InChI=1S/C6H6OP.Li/c8-7-6-4-2-1-3-5-6;/h1-5,8H;/q-1;+1. The summed E-state index contributed by atoms with van der Waals surface area (Å²) in [5.74, 6) is 0.823. The van der Waals surface area contributed by atoms with E-state index in [4.69, 9.17) is 4.52 Å². The zero-order valence-corrected chi connectivity index (χ0v) is 6.29. The van der Waals surface area contributed by atoms with Gasteiger partial charge < -0.3 is 14.0 Å². The average molecular weight is 132 g/mol. The molecule has 0 heterocycles. The van der Waals surface area contributed by atoms with Crippen molar-refractivity contribution in [1.82, 2.24) is 0 Å². The van der Waals surface area contributed by atoms with E-state index in [0.29, 0.717) is 0 Å². The van der Waals surface area contributed by atoms with Gasteiger partial charge in [-0.15, -0.1) is 0 Å². The Morgan fingerprint density at radius 1 is 1.11 bits per heavy atom. The first-order valence-corrected chi connectivity index (χ1v) is 2.73. The SMILES string of the molecule is [Li+].[PH-]Oc1ccccc1. The van der Waals surface area contributed by atoms with Crippen LogP contribution < -0.4 is 23.4 Å². The molecule has 0 atom stereocenters. The minimum absolute atomic E-state index is 0. The molecule has 0 aliphatic carbocycles. The molecule has 0 bridgehead atoms. The van der Waals surface area contributed by atoms with E-state index in [1.807, 2.05) is 30.3 Å². The minimum Gasteiger partial charge on any atom is -0.673 e. The van der Waals surface area contributed by atoms with Crippen molar-refractivity contribution in [3.8, 4) is 5.75 Å². The summed E-state index contributed by atoms with van der Waals surface area (Å²) in [7, 11) is 2.90.